The van der Waals surface area contributed by atoms with Gasteiger partial charge in [-0.3, -0.25) is 14.5 Å². The Morgan fingerprint density at radius 2 is 1.96 bits per heavy atom. The van der Waals surface area contributed by atoms with Crippen LogP contribution in [-0.2, 0) is 17.6 Å². The molecule has 4 heteroatoms. The molecule has 0 saturated carbocycles. The van der Waals surface area contributed by atoms with Crippen LogP contribution in [0, 0.1) is 5.92 Å². The van der Waals surface area contributed by atoms with Crippen LogP contribution >= 0.6 is 0 Å². The molecule has 2 aromatic rings. The number of likely N-dealkylation sites (tertiary alicyclic amines) is 1. The number of nitrogens with zero attached hydrogens (tertiary/aromatic N) is 1. The molecule has 136 valence electrons. The minimum atomic E-state index is -0.0170. The lowest BCUT2D eigenvalue weighted by atomic mass is 9.87. The van der Waals surface area contributed by atoms with E-state index in [4.69, 9.17) is 0 Å². The van der Waals surface area contributed by atoms with E-state index in [0.717, 1.165) is 43.2 Å². The second-order valence-electron chi connectivity index (χ2n) is 7.50. The fourth-order valence-corrected chi connectivity index (χ4v) is 4.55. The summed E-state index contributed by atoms with van der Waals surface area (Å²) in [5.41, 5.74) is 3.60. The van der Waals surface area contributed by atoms with E-state index < -0.39 is 0 Å². The molecule has 2 aliphatic rings. The van der Waals surface area contributed by atoms with E-state index >= 15 is 0 Å². The number of rotatable bonds is 5. The van der Waals surface area contributed by atoms with Gasteiger partial charge in [-0.15, -0.1) is 0 Å². The first-order valence-corrected chi connectivity index (χ1v) is 9.74. The van der Waals surface area contributed by atoms with E-state index in [0.29, 0.717) is 19.6 Å². The number of aryl methyl sites for hydroxylation is 2. The molecule has 1 saturated heterocycles. The van der Waals surface area contributed by atoms with Crippen LogP contribution in [0.1, 0.15) is 41.3 Å². The second kappa shape index (κ2) is 7.20. The molecular formula is C22H26N2O2. The predicted octanol–water partition coefficient (Wildman–Crippen LogP) is 2.97. The minimum absolute atomic E-state index is 0.0170. The summed E-state index contributed by atoms with van der Waals surface area (Å²) in [6, 6.07) is 10.5. The van der Waals surface area contributed by atoms with Crippen molar-refractivity contribution in [2.24, 2.45) is 5.92 Å². The smallest absolute Gasteiger partial charge is 0.234 e. The second-order valence-corrected chi connectivity index (χ2v) is 7.50. The molecule has 1 fully saturated rings. The van der Waals surface area contributed by atoms with Crippen molar-refractivity contribution < 1.29 is 9.59 Å². The largest absolute Gasteiger partial charge is 0.355 e. The van der Waals surface area contributed by atoms with Crippen LogP contribution in [0.25, 0.3) is 10.8 Å². The van der Waals surface area contributed by atoms with Gasteiger partial charge in [-0.05, 0) is 61.1 Å². The van der Waals surface area contributed by atoms with Gasteiger partial charge >= 0.3 is 0 Å². The van der Waals surface area contributed by atoms with Gasteiger partial charge in [-0.25, -0.2) is 0 Å². The van der Waals surface area contributed by atoms with Gasteiger partial charge in [-0.2, -0.15) is 0 Å². The number of hydrogen-bond acceptors (Lipinski definition) is 3. The predicted molar refractivity (Wildman–Crippen MR) is 104 cm³/mol. The Balaban J connectivity index is 1.56. The summed E-state index contributed by atoms with van der Waals surface area (Å²) in [6.45, 7) is 4.54. The van der Waals surface area contributed by atoms with Crippen molar-refractivity contribution in [2.45, 2.75) is 32.6 Å². The maximum atomic E-state index is 13.3. The number of hydrogen-bond donors (Lipinski definition) is 1. The van der Waals surface area contributed by atoms with Crippen molar-refractivity contribution >= 4 is 22.5 Å². The van der Waals surface area contributed by atoms with Crippen LogP contribution in [0.3, 0.4) is 0 Å². The molecule has 2 aromatic carbocycles. The van der Waals surface area contributed by atoms with Crippen molar-refractivity contribution in [2.75, 3.05) is 26.2 Å². The van der Waals surface area contributed by atoms with Crippen LogP contribution < -0.4 is 5.32 Å². The first kappa shape index (κ1) is 17.2. The zero-order chi connectivity index (χ0) is 18.1. The van der Waals surface area contributed by atoms with Crippen molar-refractivity contribution in [3.05, 3.63) is 47.0 Å². The Morgan fingerprint density at radius 1 is 1.15 bits per heavy atom. The third kappa shape index (κ3) is 3.14. The molecule has 1 amide bonds. The van der Waals surface area contributed by atoms with Crippen molar-refractivity contribution in [1.29, 1.82) is 0 Å². The molecule has 1 N–H and O–H groups in total. The van der Waals surface area contributed by atoms with Crippen LogP contribution in [-0.4, -0.2) is 42.8 Å². The molecule has 0 bridgehead atoms. The van der Waals surface area contributed by atoms with Gasteiger partial charge in [0.05, 0.1) is 6.54 Å². The number of amides is 1. The summed E-state index contributed by atoms with van der Waals surface area (Å²) >= 11 is 0. The number of nitrogens with one attached hydrogen (secondary N) is 1. The number of benzene rings is 2. The van der Waals surface area contributed by atoms with Gasteiger partial charge in [0, 0.05) is 24.6 Å². The Morgan fingerprint density at radius 3 is 2.77 bits per heavy atom. The van der Waals surface area contributed by atoms with Crippen LogP contribution in [0.2, 0.25) is 0 Å². The van der Waals surface area contributed by atoms with Crippen LogP contribution in [0.5, 0.6) is 0 Å². The molecule has 4 nitrogen and oxygen atoms in total. The number of carbonyl (C=O) groups is 2. The molecule has 1 atom stereocenters. The molecular weight excluding hydrogens is 324 g/mol. The highest BCUT2D eigenvalue weighted by molar-refractivity contribution is 6.11. The highest BCUT2D eigenvalue weighted by Crippen LogP contribution is 2.34. The number of carbonyl (C=O) groups excluding carboxylic acids is 2. The SMILES string of the molecule is CCNC(=O)CN1CCC[C@@H](C(=O)c2ccc3c4c(cccc24)CC3)C1. The van der Waals surface area contributed by atoms with Crippen molar-refractivity contribution in [3.63, 3.8) is 0 Å². The topological polar surface area (TPSA) is 49.4 Å². The molecule has 0 aromatic heterocycles. The van der Waals surface area contributed by atoms with Gasteiger partial charge in [0.2, 0.25) is 5.91 Å². The maximum Gasteiger partial charge on any atom is 0.234 e. The van der Waals surface area contributed by atoms with Crippen LogP contribution in [0.4, 0.5) is 0 Å². The van der Waals surface area contributed by atoms with Crippen molar-refractivity contribution in [1.82, 2.24) is 10.2 Å². The monoisotopic (exact) mass is 350 g/mol. The number of ketones is 1. The summed E-state index contributed by atoms with van der Waals surface area (Å²) in [6.07, 6.45) is 4.03. The molecule has 1 aliphatic carbocycles. The van der Waals surface area contributed by atoms with Crippen molar-refractivity contribution in [3.8, 4) is 0 Å². The van der Waals surface area contributed by atoms with Gasteiger partial charge in [0.15, 0.2) is 5.78 Å². The first-order chi connectivity index (χ1) is 12.7. The van der Waals surface area contributed by atoms with E-state index in [-0.39, 0.29) is 17.6 Å². The van der Waals surface area contributed by atoms with Gasteiger partial charge in [-0.1, -0.05) is 30.3 Å². The molecule has 0 unspecified atom stereocenters. The zero-order valence-electron chi connectivity index (χ0n) is 15.4. The lowest BCUT2D eigenvalue weighted by molar-refractivity contribution is -0.122. The Hall–Kier alpha value is -2.20. The van der Waals surface area contributed by atoms with E-state index in [9.17, 15) is 9.59 Å². The Labute approximate surface area is 154 Å². The normalized spacial score (nSPS) is 19.7. The third-order valence-electron chi connectivity index (χ3n) is 5.76. The maximum absolute atomic E-state index is 13.3. The molecule has 4 rings (SSSR count). The number of piperidine rings is 1. The molecule has 0 radical (unpaired) electrons. The highest BCUT2D eigenvalue weighted by Gasteiger charge is 2.29. The summed E-state index contributed by atoms with van der Waals surface area (Å²) in [5.74, 6) is 0.267. The number of Topliss-reactive ketones (excluding diaryl/α,β-unsaturated/α-hetero) is 1. The van der Waals surface area contributed by atoms with Gasteiger partial charge < -0.3 is 5.32 Å². The summed E-state index contributed by atoms with van der Waals surface area (Å²) in [7, 11) is 0. The zero-order valence-corrected chi connectivity index (χ0v) is 15.4. The molecule has 1 aliphatic heterocycles. The standard InChI is InChI=1S/C22H26N2O2/c1-2-23-20(25)14-24-12-4-6-17(13-24)22(26)19-11-10-16-9-8-15-5-3-7-18(19)21(15)16/h3,5,7,10-11,17H,2,4,6,8-9,12-14H2,1H3,(H,23,25)/t17-/m1/s1. The van der Waals surface area contributed by atoms with Gasteiger partial charge in [0.25, 0.3) is 0 Å². The van der Waals surface area contributed by atoms with Gasteiger partial charge in [0.1, 0.15) is 0 Å². The Kier molecular flexibility index (Phi) is 4.77. The summed E-state index contributed by atoms with van der Waals surface area (Å²) in [5, 5.41) is 5.26. The lowest BCUT2D eigenvalue weighted by Gasteiger charge is -2.31. The van der Waals surface area contributed by atoms with E-state index in [1.165, 1.54) is 16.5 Å². The molecule has 26 heavy (non-hydrogen) atoms. The third-order valence-corrected chi connectivity index (χ3v) is 5.76. The fourth-order valence-electron chi connectivity index (χ4n) is 4.55. The van der Waals surface area contributed by atoms with Crippen LogP contribution in [0.15, 0.2) is 30.3 Å². The highest BCUT2D eigenvalue weighted by atomic mass is 16.2. The minimum Gasteiger partial charge on any atom is -0.355 e. The molecule has 0 spiro atoms. The summed E-state index contributed by atoms with van der Waals surface area (Å²) < 4.78 is 0. The van der Waals surface area contributed by atoms with E-state index in [1.54, 1.807) is 0 Å². The average Bonchev–Trinajstić information content (AvgIpc) is 3.07. The average molecular weight is 350 g/mol. The van der Waals surface area contributed by atoms with E-state index in [1.807, 2.05) is 13.0 Å². The lowest BCUT2D eigenvalue weighted by Crippen LogP contribution is -2.44. The Bertz CT molecular complexity index is 848. The fraction of sp³-hybridized carbons (Fsp3) is 0.455. The number of likely N-dealkylation sites (N-methyl/N-ethyl adjacent to an activating group) is 1. The summed E-state index contributed by atoms with van der Waals surface area (Å²) in [4.78, 5) is 27.3. The van der Waals surface area contributed by atoms with E-state index in [2.05, 4.69) is 34.5 Å². The first-order valence-electron chi connectivity index (χ1n) is 9.74. The quantitative estimate of drug-likeness (QED) is 0.844. The molecule has 1 heterocycles.